The number of carbonyl (C=O) groups excluding carboxylic acids is 1. The molecule has 1 amide bonds. The summed E-state index contributed by atoms with van der Waals surface area (Å²) < 4.78 is 32.1. The van der Waals surface area contributed by atoms with Crippen molar-refractivity contribution < 1.29 is 17.9 Å². The Hall–Kier alpha value is -0.960. The van der Waals surface area contributed by atoms with E-state index in [4.69, 9.17) is 4.74 Å². The number of hydrogen-bond acceptors (Lipinski definition) is 5. The molecule has 0 spiro atoms. The molecular weight excluding hydrogens is 300 g/mol. The molecule has 1 aromatic heterocycles. The highest BCUT2D eigenvalue weighted by Gasteiger charge is 2.30. The lowest BCUT2D eigenvalue weighted by atomic mass is 10.3. The zero-order chi connectivity index (χ0) is 14.8. The largest absolute Gasteiger partial charge is 0.376 e. The molecule has 0 bridgehead atoms. The second-order valence-corrected chi connectivity index (χ2v) is 8.01. The van der Waals surface area contributed by atoms with Gasteiger partial charge in [0.1, 0.15) is 4.21 Å². The van der Waals surface area contributed by atoms with E-state index in [2.05, 4.69) is 5.32 Å². The molecule has 0 aromatic carbocycles. The van der Waals surface area contributed by atoms with Crippen LogP contribution in [0.2, 0.25) is 0 Å². The van der Waals surface area contributed by atoms with Crippen LogP contribution in [0.4, 0.5) is 0 Å². The van der Waals surface area contributed by atoms with Crippen molar-refractivity contribution in [1.29, 1.82) is 0 Å². The van der Waals surface area contributed by atoms with E-state index >= 15 is 0 Å². The Bertz CT molecular complexity index is 582. The normalized spacial score (nSPS) is 20.8. The van der Waals surface area contributed by atoms with E-state index in [-0.39, 0.29) is 12.0 Å². The van der Waals surface area contributed by atoms with Crippen molar-refractivity contribution in [3.8, 4) is 0 Å². The summed E-state index contributed by atoms with van der Waals surface area (Å²) in [6, 6.07) is 3.33. The predicted molar refractivity (Wildman–Crippen MR) is 76.0 cm³/mol. The SMILES string of the molecule is CC(=O)NCc1ccc(S(=O)(=O)N2CCOC(C)C2)s1. The molecular formula is C12H18N2O4S2. The first kappa shape index (κ1) is 15.4. The number of thiophene rings is 1. The number of morpholine rings is 1. The van der Waals surface area contributed by atoms with Gasteiger partial charge >= 0.3 is 0 Å². The standard InChI is InChI=1S/C12H18N2O4S2/c1-9-8-14(5-6-18-9)20(16,17)12-4-3-11(19-12)7-13-10(2)15/h3-4,9H,5-8H2,1-2H3,(H,13,15). The lowest BCUT2D eigenvalue weighted by Crippen LogP contribution is -2.44. The third kappa shape index (κ3) is 3.57. The molecule has 20 heavy (non-hydrogen) atoms. The van der Waals surface area contributed by atoms with Crippen LogP contribution in [0.1, 0.15) is 18.7 Å². The van der Waals surface area contributed by atoms with Crippen molar-refractivity contribution in [3.05, 3.63) is 17.0 Å². The third-order valence-corrected chi connectivity index (χ3v) is 6.36. The second kappa shape index (κ2) is 6.21. The van der Waals surface area contributed by atoms with Crippen LogP contribution in [0, 0.1) is 0 Å². The maximum atomic E-state index is 12.5. The molecule has 1 unspecified atom stereocenters. The molecule has 0 radical (unpaired) electrons. The highest BCUT2D eigenvalue weighted by Crippen LogP contribution is 2.26. The van der Waals surface area contributed by atoms with E-state index < -0.39 is 10.0 Å². The summed E-state index contributed by atoms with van der Waals surface area (Å²) >= 11 is 1.19. The molecule has 112 valence electrons. The number of amides is 1. The van der Waals surface area contributed by atoms with Crippen LogP contribution in [-0.4, -0.2) is 44.4 Å². The van der Waals surface area contributed by atoms with Gasteiger partial charge < -0.3 is 10.1 Å². The van der Waals surface area contributed by atoms with Gasteiger partial charge in [0.25, 0.3) is 10.0 Å². The first-order valence-electron chi connectivity index (χ1n) is 6.34. The molecule has 1 aromatic rings. The van der Waals surface area contributed by atoms with Crippen molar-refractivity contribution in [2.75, 3.05) is 19.7 Å². The minimum atomic E-state index is -3.45. The Morgan fingerprint density at radius 2 is 2.30 bits per heavy atom. The van der Waals surface area contributed by atoms with Gasteiger partial charge in [0, 0.05) is 24.9 Å². The average Bonchev–Trinajstić information content (AvgIpc) is 2.86. The fourth-order valence-electron chi connectivity index (χ4n) is 1.94. The zero-order valence-corrected chi connectivity index (χ0v) is 13.1. The predicted octanol–water partition coefficient (Wildman–Crippen LogP) is 0.794. The van der Waals surface area contributed by atoms with E-state index in [0.717, 1.165) is 4.88 Å². The van der Waals surface area contributed by atoms with Crippen LogP contribution < -0.4 is 5.32 Å². The topological polar surface area (TPSA) is 75.7 Å². The van der Waals surface area contributed by atoms with Crippen LogP contribution in [0.3, 0.4) is 0 Å². The maximum Gasteiger partial charge on any atom is 0.252 e. The molecule has 1 saturated heterocycles. The number of carbonyl (C=O) groups is 1. The van der Waals surface area contributed by atoms with Crippen molar-refractivity contribution >= 4 is 27.3 Å². The van der Waals surface area contributed by atoms with E-state index in [1.807, 2.05) is 6.92 Å². The highest BCUT2D eigenvalue weighted by atomic mass is 32.2. The smallest absolute Gasteiger partial charge is 0.252 e. The van der Waals surface area contributed by atoms with Gasteiger partial charge in [0.15, 0.2) is 0 Å². The molecule has 0 aliphatic carbocycles. The summed E-state index contributed by atoms with van der Waals surface area (Å²) in [6.07, 6.45) is -0.0858. The van der Waals surface area contributed by atoms with Crippen molar-refractivity contribution in [2.24, 2.45) is 0 Å². The highest BCUT2D eigenvalue weighted by molar-refractivity contribution is 7.91. The van der Waals surface area contributed by atoms with Crippen LogP contribution in [0.15, 0.2) is 16.3 Å². The fraction of sp³-hybridized carbons (Fsp3) is 0.583. The number of ether oxygens (including phenoxy) is 1. The monoisotopic (exact) mass is 318 g/mol. The quantitative estimate of drug-likeness (QED) is 0.891. The summed E-state index contributed by atoms with van der Waals surface area (Å²) in [5.41, 5.74) is 0. The maximum absolute atomic E-state index is 12.5. The molecule has 2 rings (SSSR count). The lowest BCUT2D eigenvalue weighted by molar-refractivity contribution is -0.119. The Balaban J connectivity index is 2.11. The van der Waals surface area contributed by atoms with Crippen molar-refractivity contribution in [1.82, 2.24) is 9.62 Å². The molecule has 1 aliphatic heterocycles. The summed E-state index contributed by atoms with van der Waals surface area (Å²) in [4.78, 5) is 11.7. The van der Waals surface area contributed by atoms with E-state index in [1.165, 1.54) is 22.6 Å². The molecule has 2 heterocycles. The molecule has 1 atom stereocenters. The van der Waals surface area contributed by atoms with E-state index in [9.17, 15) is 13.2 Å². The Morgan fingerprint density at radius 3 is 2.95 bits per heavy atom. The summed E-state index contributed by atoms with van der Waals surface area (Å²) in [6.45, 7) is 4.82. The Kier molecular flexibility index (Phi) is 4.79. The Labute approximate surface area is 122 Å². The molecule has 8 heteroatoms. The van der Waals surface area contributed by atoms with Gasteiger partial charge in [-0.2, -0.15) is 4.31 Å². The van der Waals surface area contributed by atoms with Gasteiger partial charge in [-0.15, -0.1) is 11.3 Å². The fourth-order valence-corrected chi connectivity index (χ4v) is 4.88. The van der Waals surface area contributed by atoms with Crippen LogP contribution >= 0.6 is 11.3 Å². The first-order valence-corrected chi connectivity index (χ1v) is 8.60. The van der Waals surface area contributed by atoms with Gasteiger partial charge in [0.2, 0.25) is 5.91 Å². The molecule has 1 N–H and O–H groups in total. The van der Waals surface area contributed by atoms with Gasteiger partial charge in [-0.25, -0.2) is 8.42 Å². The number of nitrogens with one attached hydrogen (secondary N) is 1. The Morgan fingerprint density at radius 1 is 1.55 bits per heavy atom. The molecule has 6 nitrogen and oxygen atoms in total. The van der Waals surface area contributed by atoms with Gasteiger partial charge in [-0.05, 0) is 19.1 Å². The zero-order valence-electron chi connectivity index (χ0n) is 11.5. The minimum Gasteiger partial charge on any atom is -0.376 e. The van der Waals surface area contributed by atoms with Gasteiger partial charge in [-0.3, -0.25) is 4.79 Å². The summed E-state index contributed by atoms with van der Waals surface area (Å²) in [5.74, 6) is -0.134. The molecule has 0 saturated carbocycles. The lowest BCUT2D eigenvalue weighted by Gasteiger charge is -2.29. The third-order valence-electron chi connectivity index (χ3n) is 2.95. The van der Waals surface area contributed by atoms with Crippen LogP contribution in [0.5, 0.6) is 0 Å². The minimum absolute atomic E-state index is 0.0858. The molecule has 1 aliphatic rings. The number of nitrogens with zero attached hydrogens (tertiary/aromatic N) is 1. The average molecular weight is 318 g/mol. The van der Waals surface area contributed by atoms with Crippen molar-refractivity contribution in [3.63, 3.8) is 0 Å². The van der Waals surface area contributed by atoms with Crippen LogP contribution in [-0.2, 0) is 26.1 Å². The van der Waals surface area contributed by atoms with Crippen LogP contribution in [0.25, 0.3) is 0 Å². The van der Waals surface area contributed by atoms with Gasteiger partial charge in [-0.1, -0.05) is 0 Å². The van der Waals surface area contributed by atoms with Gasteiger partial charge in [0.05, 0.1) is 19.3 Å². The summed E-state index contributed by atoms with van der Waals surface area (Å²) in [5, 5.41) is 2.66. The number of rotatable bonds is 4. The molecule has 1 fully saturated rings. The van der Waals surface area contributed by atoms with E-state index in [0.29, 0.717) is 30.5 Å². The van der Waals surface area contributed by atoms with E-state index in [1.54, 1.807) is 12.1 Å². The number of hydrogen-bond donors (Lipinski definition) is 1. The second-order valence-electron chi connectivity index (χ2n) is 4.67. The summed E-state index contributed by atoms with van der Waals surface area (Å²) in [7, 11) is -3.45. The first-order chi connectivity index (χ1) is 9.39. The van der Waals surface area contributed by atoms with Crippen molar-refractivity contribution in [2.45, 2.75) is 30.7 Å². The number of sulfonamides is 1.